The molecular formula is C23H19FN8. The molecule has 0 atom stereocenters. The van der Waals surface area contributed by atoms with Gasteiger partial charge in [-0.15, -0.1) is 0 Å². The van der Waals surface area contributed by atoms with Crippen LogP contribution in [0, 0.1) is 12.7 Å². The van der Waals surface area contributed by atoms with E-state index in [1.165, 1.54) is 11.6 Å². The van der Waals surface area contributed by atoms with Crippen LogP contribution in [0.25, 0.3) is 44.9 Å². The van der Waals surface area contributed by atoms with E-state index >= 15 is 0 Å². The molecule has 0 saturated carbocycles. The van der Waals surface area contributed by atoms with Gasteiger partial charge in [-0.1, -0.05) is 0 Å². The van der Waals surface area contributed by atoms with Gasteiger partial charge in [-0.2, -0.15) is 10.2 Å². The van der Waals surface area contributed by atoms with Crippen molar-refractivity contribution in [3.63, 3.8) is 0 Å². The molecule has 32 heavy (non-hydrogen) atoms. The lowest BCUT2D eigenvalue weighted by Gasteiger charge is -2.12. The predicted octanol–water partition coefficient (Wildman–Crippen LogP) is 3.57. The minimum atomic E-state index is -0.343. The Morgan fingerprint density at radius 1 is 1.00 bits per heavy atom. The van der Waals surface area contributed by atoms with Crippen molar-refractivity contribution in [2.24, 2.45) is 0 Å². The molecule has 0 aromatic carbocycles. The lowest BCUT2D eigenvalue weighted by atomic mass is 10.0. The molecule has 6 rings (SSSR count). The number of aromatic amines is 2. The van der Waals surface area contributed by atoms with Crippen LogP contribution in [0.2, 0.25) is 0 Å². The molecule has 0 bridgehead atoms. The Kier molecular flexibility index (Phi) is 4.29. The van der Waals surface area contributed by atoms with Crippen molar-refractivity contribution >= 4 is 11.0 Å². The lowest BCUT2D eigenvalue weighted by molar-refractivity contribution is 0.610. The summed E-state index contributed by atoms with van der Waals surface area (Å²) in [6, 6.07) is 8.90. The summed E-state index contributed by atoms with van der Waals surface area (Å²) in [6.07, 6.45) is 4.56. The standard InChI is InChI=1S/C23H19FN8/c1-12-16(24)2-3-19(28-12)23-15(10-27-31-23)17-4-5-18-20(29-17)8-13(9-26-18)22-14-6-7-25-11-21(14)30-32-22/h2-5,8-10,25H,6-7,11H2,1H3,(H,27,31)(H,30,32). The topological polar surface area (TPSA) is 108 Å². The van der Waals surface area contributed by atoms with E-state index in [9.17, 15) is 4.39 Å². The number of nitrogens with zero attached hydrogens (tertiary/aromatic N) is 5. The third-order valence-electron chi connectivity index (χ3n) is 5.80. The molecule has 0 spiro atoms. The van der Waals surface area contributed by atoms with Gasteiger partial charge in [0.05, 0.1) is 39.5 Å². The van der Waals surface area contributed by atoms with Gasteiger partial charge in [0.25, 0.3) is 0 Å². The number of H-pyrrole nitrogens is 2. The number of pyridine rings is 3. The van der Waals surface area contributed by atoms with Crippen LogP contribution in [0.15, 0.2) is 42.7 Å². The highest BCUT2D eigenvalue weighted by molar-refractivity contribution is 5.85. The third-order valence-corrected chi connectivity index (χ3v) is 5.80. The van der Waals surface area contributed by atoms with Crippen molar-refractivity contribution < 1.29 is 4.39 Å². The number of nitrogens with one attached hydrogen (secondary N) is 3. The maximum absolute atomic E-state index is 13.7. The molecule has 0 amide bonds. The highest BCUT2D eigenvalue weighted by Gasteiger charge is 2.19. The Hall–Kier alpha value is -3.98. The smallest absolute Gasteiger partial charge is 0.144 e. The average Bonchev–Trinajstić information content (AvgIpc) is 3.48. The van der Waals surface area contributed by atoms with Crippen LogP contribution in [0.1, 0.15) is 17.0 Å². The molecule has 8 nitrogen and oxygen atoms in total. The number of fused-ring (bicyclic) bond motifs is 2. The summed E-state index contributed by atoms with van der Waals surface area (Å²) in [4.78, 5) is 13.8. The molecule has 9 heteroatoms. The largest absolute Gasteiger partial charge is 0.311 e. The van der Waals surface area contributed by atoms with Gasteiger partial charge in [0.2, 0.25) is 0 Å². The lowest BCUT2D eigenvalue weighted by Crippen LogP contribution is -2.23. The van der Waals surface area contributed by atoms with Gasteiger partial charge in [-0.25, -0.2) is 14.4 Å². The van der Waals surface area contributed by atoms with Crippen LogP contribution in [0.4, 0.5) is 4.39 Å². The van der Waals surface area contributed by atoms with Gasteiger partial charge in [-0.05, 0) is 50.2 Å². The number of hydrogen-bond donors (Lipinski definition) is 3. The first-order valence-corrected chi connectivity index (χ1v) is 10.4. The molecule has 3 N–H and O–H groups in total. The molecular weight excluding hydrogens is 407 g/mol. The van der Waals surface area contributed by atoms with E-state index < -0.39 is 0 Å². The Bertz CT molecular complexity index is 1470. The van der Waals surface area contributed by atoms with Crippen LogP contribution in [0.3, 0.4) is 0 Å². The Balaban J connectivity index is 1.43. The first-order valence-electron chi connectivity index (χ1n) is 10.4. The van der Waals surface area contributed by atoms with E-state index in [0.29, 0.717) is 17.1 Å². The van der Waals surface area contributed by atoms with Gasteiger partial charge < -0.3 is 5.32 Å². The van der Waals surface area contributed by atoms with Gasteiger partial charge in [-0.3, -0.25) is 15.2 Å². The first-order chi connectivity index (χ1) is 15.7. The summed E-state index contributed by atoms with van der Waals surface area (Å²) in [5.74, 6) is -0.343. The van der Waals surface area contributed by atoms with E-state index in [-0.39, 0.29) is 5.82 Å². The summed E-state index contributed by atoms with van der Waals surface area (Å²) in [7, 11) is 0. The van der Waals surface area contributed by atoms with Crippen molar-refractivity contribution in [3.05, 3.63) is 65.5 Å². The number of halogens is 1. The van der Waals surface area contributed by atoms with Gasteiger partial charge in [0, 0.05) is 35.6 Å². The number of aryl methyl sites for hydroxylation is 1. The third kappa shape index (κ3) is 3.05. The van der Waals surface area contributed by atoms with Crippen molar-refractivity contribution in [2.75, 3.05) is 6.54 Å². The van der Waals surface area contributed by atoms with Crippen molar-refractivity contribution in [1.29, 1.82) is 0 Å². The Morgan fingerprint density at radius 3 is 2.81 bits per heavy atom. The number of hydrogen-bond acceptors (Lipinski definition) is 6. The second-order valence-corrected chi connectivity index (χ2v) is 7.82. The quantitative estimate of drug-likeness (QED) is 0.407. The number of rotatable bonds is 3. The highest BCUT2D eigenvalue weighted by Crippen LogP contribution is 2.31. The van der Waals surface area contributed by atoms with Gasteiger partial charge in [0.1, 0.15) is 11.5 Å². The second-order valence-electron chi connectivity index (χ2n) is 7.82. The molecule has 6 heterocycles. The average molecular weight is 426 g/mol. The minimum Gasteiger partial charge on any atom is -0.311 e. The molecule has 0 fully saturated rings. The monoisotopic (exact) mass is 426 g/mol. The molecule has 0 radical (unpaired) electrons. The molecule has 1 aliphatic heterocycles. The molecule has 5 aromatic rings. The highest BCUT2D eigenvalue weighted by atomic mass is 19.1. The van der Waals surface area contributed by atoms with Crippen molar-refractivity contribution in [2.45, 2.75) is 19.9 Å². The van der Waals surface area contributed by atoms with E-state index in [4.69, 9.17) is 4.98 Å². The molecule has 1 aliphatic rings. The predicted molar refractivity (Wildman–Crippen MR) is 118 cm³/mol. The van der Waals surface area contributed by atoms with E-state index in [1.807, 2.05) is 24.4 Å². The fourth-order valence-electron chi connectivity index (χ4n) is 4.13. The normalized spacial score (nSPS) is 13.4. The van der Waals surface area contributed by atoms with Crippen LogP contribution in [-0.4, -0.2) is 41.9 Å². The maximum atomic E-state index is 13.7. The van der Waals surface area contributed by atoms with Gasteiger partial charge in [0.15, 0.2) is 0 Å². The molecule has 0 aliphatic carbocycles. The Labute approximate surface area is 182 Å². The van der Waals surface area contributed by atoms with Gasteiger partial charge >= 0.3 is 0 Å². The van der Waals surface area contributed by atoms with Crippen LogP contribution in [-0.2, 0) is 13.0 Å². The fourth-order valence-corrected chi connectivity index (χ4v) is 4.13. The molecule has 158 valence electrons. The SMILES string of the molecule is Cc1nc(-c2n[nH]cc2-c2ccc3ncc(-c4[nH]nc5c4CCNC5)cc3n2)ccc1F. The minimum absolute atomic E-state index is 0.329. The van der Waals surface area contributed by atoms with E-state index in [1.54, 1.807) is 19.2 Å². The van der Waals surface area contributed by atoms with Crippen LogP contribution in [0.5, 0.6) is 0 Å². The second kappa shape index (κ2) is 7.31. The molecule has 5 aromatic heterocycles. The fraction of sp³-hybridized carbons (Fsp3) is 0.174. The summed E-state index contributed by atoms with van der Waals surface area (Å²) >= 11 is 0. The zero-order valence-electron chi connectivity index (χ0n) is 17.3. The first kappa shape index (κ1) is 18.8. The van der Waals surface area contributed by atoms with E-state index in [0.717, 1.165) is 58.8 Å². The summed E-state index contributed by atoms with van der Waals surface area (Å²) < 4.78 is 13.7. The summed E-state index contributed by atoms with van der Waals surface area (Å²) in [5, 5.41) is 18.2. The van der Waals surface area contributed by atoms with E-state index in [2.05, 4.69) is 35.7 Å². The zero-order valence-corrected chi connectivity index (χ0v) is 17.3. The Morgan fingerprint density at radius 2 is 1.91 bits per heavy atom. The summed E-state index contributed by atoms with van der Waals surface area (Å²) in [6.45, 7) is 3.34. The summed E-state index contributed by atoms with van der Waals surface area (Å²) in [5.41, 5.74) is 8.88. The van der Waals surface area contributed by atoms with Crippen LogP contribution >= 0.6 is 0 Å². The number of aromatic nitrogens is 7. The van der Waals surface area contributed by atoms with Crippen molar-refractivity contribution in [1.82, 2.24) is 40.7 Å². The van der Waals surface area contributed by atoms with Crippen LogP contribution < -0.4 is 5.32 Å². The van der Waals surface area contributed by atoms with Crippen molar-refractivity contribution in [3.8, 4) is 33.9 Å². The molecule has 0 unspecified atom stereocenters. The molecule has 0 saturated heterocycles. The maximum Gasteiger partial charge on any atom is 0.144 e. The zero-order chi connectivity index (χ0) is 21.7.